The summed E-state index contributed by atoms with van der Waals surface area (Å²) in [6.45, 7) is 3.17. The highest BCUT2D eigenvalue weighted by Crippen LogP contribution is 2.32. The van der Waals surface area contributed by atoms with Gasteiger partial charge in [0.15, 0.2) is 5.82 Å². The minimum absolute atomic E-state index is 0.0213. The molecule has 1 aromatic carbocycles. The topological polar surface area (TPSA) is 110 Å². The molecule has 0 amide bonds. The van der Waals surface area contributed by atoms with Crippen molar-refractivity contribution in [1.82, 2.24) is 4.98 Å². The number of carboxylic acids is 1. The van der Waals surface area contributed by atoms with Gasteiger partial charge in [-0.2, -0.15) is 23.5 Å². The smallest absolute Gasteiger partial charge is 0.416 e. The van der Waals surface area contributed by atoms with E-state index >= 15 is 0 Å². The van der Waals surface area contributed by atoms with Gasteiger partial charge in [-0.3, -0.25) is 5.43 Å². The van der Waals surface area contributed by atoms with Crippen molar-refractivity contribution in [2.24, 2.45) is 5.10 Å². The number of carbonyl (C=O) groups is 1. The first-order chi connectivity index (χ1) is 11.8. The Labute approximate surface area is 139 Å². The molecule has 0 spiro atoms. The quantitative estimate of drug-likeness (QED) is 0.563. The molecule has 25 heavy (non-hydrogen) atoms. The molecule has 0 aliphatic carbocycles. The summed E-state index contributed by atoms with van der Waals surface area (Å²) in [6, 6.07) is 6.94. The van der Waals surface area contributed by atoms with Crippen LogP contribution in [0, 0.1) is 11.3 Å². The first-order valence-electron chi connectivity index (χ1n) is 6.60. The van der Waals surface area contributed by atoms with E-state index < -0.39 is 17.7 Å². The second kappa shape index (κ2) is 6.88. The van der Waals surface area contributed by atoms with Gasteiger partial charge in [0.2, 0.25) is 0 Å². The molecule has 0 saturated carbocycles. The average molecular weight is 349 g/mol. The molecule has 0 radical (unpaired) electrons. The largest absolute Gasteiger partial charge is 0.478 e. The Kier molecular flexibility index (Phi) is 4.88. The Hall–Kier alpha value is -3.61. The molecule has 2 aromatic rings. The van der Waals surface area contributed by atoms with Crippen LogP contribution in [-0.4, -0.2) is 22.8 Å². The number of benzene rings is 1. The van der Waals surface area contributed by atoms with Crippen molar-refractivity contribution in [3.05, 3.63) is 47.0 Å². The number of nitrogens with one attached hydrogen (secondary N) is 2. The Morgan fingerprint density at radius 1 is 1.32 bits per heavy atom. The monoisotopic (exact) mass is 349 g/mol. The van der Waals surface area contributed by atoms with Gasteiger partial charge >= 0.3 is 12.1 Å². The van der Waals surface area contributed by atoms with Crippen molar-refractivity contribution < 1.29 is 23.1 Å². The van der Waals surface area contributed by atoms with E-state index in [0.29, 0.717) is 0 Å². The van der Waals surface area contributed by atoms with Gasteiger partial charge in [0.05, 0.1) is 11.1 Å². The van der Waals surface area contributed by atoms with Crippen LogP contribution < -0.4 is 10.7 Å². The first-order valence-corrected chi connectivity index (χ1v) is 6.60. The standard InChI is InChI=1S/C15H10F3N5O2/c1-20-23-12-8(7-19)5-11(14(24)25)13(22-12)21-10-4-2-3-9(6-10)15(16,17)18/h2-6H,1H2,(H,24,25)(H2,21,22,23). The number of hydrazone groups is 1. The SMILES string of the molecule is C=NNc1nc(Nc2cccc(C(F)(F)F)c2)c(C(=O)O)cc1C#N. The fourth-order valence-corrected chi connectivity index (χ4v) is 1.93. The summed E-state index contributed by atoms with van der Waals surface area (Å²) in [7, 11) is 0. The number of nitriles is 1. The number of pyridine rings is 1. The molecular weight excluding hydrogens is 339 g/mol. The Bertz CT molecular complexity index is 874. The molecule has 3 N–H and O–H groups in total. The van der Waals surface area contributed by atoms with Crippen LogP contribution in [0.4, 0.5) is 30.5 Å². The van der Waals surface area contributed by atoms with Crippen LogP contribution in [0.15, 0.2) is 35.4 Å². The van der Waals surface area contributed by atoms with Gasteiger partial charge in [-0.1, -0.05) is 6.07 Å². The van der Waals surface area contributed by atoms with E-state index in [-0.39, 0.29) is 28.5 Å². The molecule has 0 atom stereocenters. The normalized spacial score (nSPS) is 10.6. The van der Waals surface area contributed by atoms with E-state index in [1.54, 1.807) is 6.07 Å². The number of nitrogens with zero attached hydrogens (tertiary/aromatic N) is 3. The van der Waals surface area contributed by atoms with Crippen LogP contribution in [0.2, 0.25) is 0 Å². The minimum Gasteiger partial charge on any atom is -0.478 e. The van der Waals surface area contributed by atoms with Crippen molar-refractivity contribution in [3.63, 3.8) is 0 Å². The molecule has 0 fully saturated rings. The second-order valence-electron chi connectivity index (χ2n) is 4.67. The maximum atomic E-state index is 12.8. The van der Waals surface area contributed by atoms with Crippen molar-refractivity contribution in [2.45, 2.75) is 6.18 Å². The van der Waals surface area contributed by atoms with Gasteiger partial charge < -0.3 is 10.4 Å². The molecule has 0 unspecified atom stereocenters. The highest BCUT2D eigenvalue weighted by atomic mass is 19.4. The second-order valence-corrected chi connectivity index (χ2v) is 4.67. The van der Waals surface area contributed by atoms with E-state index in [1.165, 1.54) is 12.1 Å². The van der Waals surface area contributed by atoms with Crippen molar-refractivity contribution in [3.8, 4) is 6.07 Å². The van der Waals surface area contributed by atoms with Gasteiger partial charge in [-0.15, -0.1) is 0 Å². The molecule has 0 bridgehead atoms. The number of rotatable bonds is 5. The lowest BCUT2D eigenvalue weighted by Gasteiger charge is -2.13. The van der Waals surface area contributed by atoms with Gasteiger partial charge in [-0.25, -0.2) is 9.78 Å². The number of anilines is 3. The number of carboxylic acid groups (broad SMARTS) is 1. The Balaban J connectivity index is 2.51. The molecular formula is C15H10F3N5O2. The van der Waals surface area contributed by atoms with E-state index in [2.05, 4.69) is 27.5 Å². The highest BCUT2D eigenvalue weighted by molar-refractivity contribution is 5.95. The molecule has 2 rings (SSSR count). The maximum Gasteiger partial charge on any atom is 0.416 e. The number of aromatic nitrogens is 1. The third kappa shape index (κ3) is 4.03. The fraction of sp³-hybridized carbons (Fsp3) is 0.0667. The van der Waals surface area contributed by atoms with E-state index in [0.717, 1.165) is 18.2 Å². The Morgan fingerprint density at radius 3 is 2.60 bits per heavy atom. The van der Waals surface area contributed by atoms with Gasteiger partial charge in [-0.05, 0) is 24.3 Å². The molecule has 10 heteroatoms. The van der Waals surface area contributed by atoms with Crippen LogP contribution in [0.3, 0.4) is 0 Å². The minimum atomic E-state index is -4.55. The number of hydrogen-bond donors (Lipinski definition) is 3. The molecule has 0 aliphatic heterocycles. The maximum absolute atomic E-state index is 12.8. The van der Waals surface area contributed by atoms with Crippen LogP contribution >= 0.6 is 0 Å². The fourth-order valence-electron chi connectivity index (χ4n) is 1.93. The van der Waals surface area contributed by atoms with Crippen molar-refractivity contribution >= 4 is 30.0 Å². The predicted octanol–water partition coefficient (Wildman–Crippen LogP) is 3.44. The van der Waals surface area contributed by atoms with Gasteiger partial charge in [0, 0.05) is 12.4 Å². The average Bonchev–Trinajstić information content (AvgIpc) is 2.54. The Morgan fingerprint density at radius 2 is 2.04 bits per heavy atom. The molecule has 0 saturated heterocycles. The lowest BCUT2D eigenvalue weighted by Crippen LogP contribution is -2.09. The number of halogens is 3. The molecule has 1 heterocycles. The molecule has 128 valence electrons. The summed E-state index contributed by atoms with van der Waals surface area (Å²) in [6.07, 6.45) is -4.55. The van der Waals surface area contributed by atoms with Crippen LogP contribution in [-0.2, 0) is 6.18 Å². The lowest BCUT2D eigenvalue weighted by atomic mass is 10.1. The third-order valence-electron chi connectivity index (χ3n) is 3.01. The number of hydrogen-bond acceptors (Lipinski definition) is 6. The summed E-state index contributed by atoms with van der Waals surface area (Å²) >= 11 is 0. The highest BCUT2D eigenvalue weighted by Gasteiger charge is 2.30. The zero-order chi connectivity index (χ0) is 18.6. The predicted molar refractivity (Wildman–Crippen MR) is 83.8 cm³/mol. The molecule has 1 aromatic heterocycles. The summed E-state index contributed by atoms with van der Waals surface area (Å²) in [5.74, 6) is -1.74. The van der Waals surface area contributed by atoms with Crippen LogP contribution in [0.1, 0.15) is 21.5 Å². The zero-order valence-corrected chi connectivity index (χ0v) is 12.4. The summed E-state index contributed by atoms with van der Waals surface area (Å²) < 4.78 is 38.3. The number of alkyl halides is 3. The van der Waals surface area contributed by atoms with Crippen LogP contribution in [0.25, 0.3) is 0 Å². The summed E-state index contributed by atoms with van der Waals surface area (Å²) in [4.78, 5) is 15.3. The molecule has 7 nitrogen and oxygen atoms in total. The summed E-state index contributed by atoms with van der Waals surface area (Å²) in [5, 5.41) is 24.1. The van der Waals surface area contributed by atoms with Gasteiger partial charge in [0.25, 0.3) is 0 Å². The van der Waals surface area contributed by atoms with E-state index in [4.69, 9.17) is 5.26 Å². The van der Waals surface area contributed by atoms with Crippen molar-refractivity contribution in [1.29, 1.82) is 5.26 Å². The molecule has 0 aliphatic rings. The lowest BCUT2D eigenvalue weighted by molar-refractivity contribution is -0.137. The van der Waals surface area contributed by atoms with E-state index in [1.807, 2.05) is 0 Å². The van der Waals surface area contributed by atoms with Crippen LogP contribution in [0.5, 0.6) is 0 Å². The third-order valence-corrected chi connectivity index (χ3v) is 3.01. The first kappa shape index (κ1) is 17.7. The van der Waals surface area contributed by atoms with Crippen molar-refractivity contribution in [2.75, 3.05) is 10.7 Å². The van der Waals surface area contributed by atoms with Gasteiger partial charge in [0.1, 0.15) is 17.5 Å². The number of aromatic carboxylic acids is 1. The zero-order valence-electron chi connectivity index (χ0n) is 12.4. The van der Waals surface area contributed by atoms with E-state index in [9.17, 15) is 23.1 Å². The summed E-state index contributed by atoms with van der Waals surface area (Å²) in [5.41, 5.74) is 0.896.